The molecule has 2 amide bonds. The molecular formula is C36H41N3O5S. The predicted octanol–water partition coefficient (Wildman–Crippen LogP) is 5.56. The fourth-order valence-electron chi connectivity index (χ4n) is 5.94. The molecule has 1 N–H and O–H groups in total. The van der Waals surface area contributed by atoms with Crippen molar-refractivity contribution in [3.8, 4) is 5.75 Å². The topological polar surface area (TPSA) is 96.0 Å². The Kier molecular flexibility index (Phi) is 10.5. The summed E-state index contributed by atoms with van der Waals surface area (Å²) in [5, 5.41) is 4.94. The van der Waals surface area contributed by atoms with Gasteiger partial charge in [0.25, 0.3) is 0 Å². The molecule has 1 fully saturated rings. The maximum absolute atomic E-state index is 14.2. The van der Waals surface area contributed by atoms with Crippen molar-refractivity contribution in [2.45, 2.75) is 62.0 Å². The van der Waals surface area contributed by atoms with Gasteiger partial charge in [0, 0.05) is 26.1 Å². The molecule has 8 nitrogen and oxygen atoms in total. The number of methoxy groups -OCH3 is 1. The molecule has 45 heavy (non-hydrogen) atoms. The van der Waals surface area contributed by atoms with E-state index in [1.807, 2.05) is 78.9 Å². The Bertz CT molecular complexity index is 1720. The summed E-state index contributed by atoms with van der Waals surface area (Å²) in [5.74, 6) is -0.0754. The maximum atomic E-state index is 14.2. The summed E-state index contributed by atoms with van der Waals surface area (Å²) in [7, 11) is -1.03. The largest absolute Gasteiger partial charge is 0.497 e. The molecular weight excluding hydrogens is 586 g/mol. The number of ether oxygens (including phenoxy) is 1. The summed E-state index contributed by atoms with van der Waals surface area (Å²) in [6, 6.07) is 28.6. The Morgan fingerprint density at radius 3 is 2.27 bits per heavy atom. The van der Waals surface area contributed by atoms with Gasteiger partial charge in [-0.1, -0.05) is 92.1 Å². The first-order valence-corrected chi connectivity index (χ1v) is 16.9. The van der Waals surface area contributed by atoms with Crippen LogP contribution in [0, 0.1) is 0 Å². The SMILES string of the molecule is COc1cccc(CN(C(=O)CN(C)S(=O)(=O)c2ccc3ccccc3c2)[C@@H](Cc2ccccc2)C(=O)NC2CCCCC2)c1. The van der Waals surface area contributed by atoms with Gasteiger partial charge in [-0.25, -0.2) is 8.42 Å². The number of nitrogens with one attached hydrogen (secondary N) is 1. The molecule has 4 aromatic rings. The van der Waals surface area contributed by atoms with Crippen LogP contribution in [0.25, 0.3) is 10.8 Å². The van der Waals surface area contributed by atoms with Crippen LogP contribution in [0.15, 0.2) is 102 Å². The highest BCUT2D eigenvalue weighted by Crippen LogP contribution is 2.24. The molecule has 0 heterocycles. The lowest BCUT2D eigenvalue weighted by atomic mass is 9.94. The van der Waals surface area contributed by atoms with Crippen molar-refractivity contribution in [1.29, 1.82) is 0 Å². The quantitative estimate of drug-likeness (QED) is 0.222. The second-order valence-electron chi connectivity index (χ2n) is 11.7. The number of hydrogen-bond donors (Lipinski definition) is 1. The van der Waals surface area contributed by atoms with E-state index in [9.17, 15) is 18.0 Å². The Morgan fingerprint density at radius 2 is 1.53 bits per heavy atom. The van der Waals surface area contributed by atoms with Crippen LogP contribution in [-0.2, 0) is 32.6 Å². The van der Waals surface area contributed by atoms with Gasteiger partial charge in [0.05, 0.1) is 18.6 Å². The third-order valence-electron chi connectivity index (χ3n) is 8.50. The second-order valence-corrected chi connectivity index (χ2v) is 13.7. The van der Waals surface area contributed by atoms with E-state index in [0.29, 0.717) is 5.75 Å². The van der Waals surface area contributed by atoms with Crippen LogP contribution in [0.5, 0.6) is 5.75 Å². The highest BCUT2D eigenvalue weighted by Gasteiger charge is 2.34. The number of benzene rings is 4. The van der Waals surface area contributed by atoms with Crippen molar-refractivity contribution in [2.75, 3.05) is 20.7 Å². The Labute approximate surface area is 266 Å². The number of carbonyl (C=O) groups is 2. The zero-order valence-electron chi connectivity index (χ0n) is 25.9. The first-order valence-electron chi connectivity index (χ1n) is 15.5. The number of rotatable bonds is 12. The number of fused-ring (bicyclic) bond motifs is 1. The highest BCUT2D eigenvalue weighted by atomic mass is 32.2. The third kappa shape index (κ3) is 8.09. The lowest BCUT2D eigenvalue weighted by molar-refractivity contribution is -0.141. The fourth-order valence-corrected chi connectivity index (χ4v) is 7.10. The van der Waals surface area contributed by atoms with Gasteiger partial charge in [0.1, 0.15) is 11.8 Å². The minimum Gasteiger partial charge on any atom is -0.497 e. The van der Waals surface area contributed by atoms with Crippen LogP contribution < -0.4 is 10.1 Å². The molecule has 4 aromatic carbocycles. The zero-order chi connectivity index (χ0) is 31.8. The van der Waals surface area contributed by atoms with Gasteiger partial charge in [-0.2, -0.15) is 4.31 Å². The highest BCUT2D eigenvalue weighted by molar-refractivity contribution is 7.89. The van der Waals surface area contributed by atoms with Crippen molar-refractivity contribution < 1.29 is 22.7 Å². The third-order valence-corrected chi connectivity index (χ3v) is 10.3. The van der Waals surface area contributed by atoms with Crippen molar-refractivity contribution in [2.24, 2.45) is 0 Å². The van der Waals surface area contributed by atoms with Crippen molar-refractivity contribution >= 4 is 32.6 Å². The first kappa shape index (κ1) is 32.2. The lowest BCUT2D eigenvalue weighted by Crippen LogP contribution is -2.54. The summed E-state index contributed by atoms with van der Waals surface area (Å²) in [6.45, 7) is -0.323. The van der Waals surface area contributed by atoms with Crippen LogP contribution in [0.2, 0.25) is 0 Å². The van der Waals surface area contributed by atoms with E-state index >= 15 is 0 Å². The molecule has 1 aliphatic carbocycles. The minimum absolute atomic E-state index is 0.0502. The van der Waals surface area contributed by atoms with Gasteiger partial charge in [0.2, 0.25) is 21.8 Å². The number of carbonyl (C=O) groups excluding carboxylic acids is 2. The number of nitrogens with zero attached hydrogens (tertiary/aromatic N) is 2. The smallest absolute Gasteiger partial charge is 0.243 e. The van der Waals surface area contributed by atoms with Gasteiger partial charge in [-0.15, -0.1) is 0 Å². The molecule has 0 unspecified atom stereocenters. The average molecular weight is 628 g/mol. The predicted molar refractivity (Wildman–Crippen MR) is 176 cm³/mol. The molecule has 1 saturated carbocycles. The van der Waals surface area contributed by atoms with Gasteiger partial charge < -0.3 is 15.0 Å². The first-order chi connectivity index (χ1) is 21.7. The fraction of sp³-hybridized carbons (Fsp3) is 0.333. The molecule has 5 rings (SSSR count). The molecule has 0 saturated heterocycles. The molecule has 0 spiro atoms. The molecule has 0 aliphatic heterocycles. The van der Waals surface area contributed by atoms with E-state index in [-0.39, 0.29) is 29.8 Å². The Hall–Kier alpha value is -4.21. The van der Waals surface area contributed by atoms with Crippen LogP contribution in [0.3, 0.4) is 0 Å². The van der Waals surface area contributed by atoms with Crippen LogP contribution in [0.4, 0.5) is 0 Å². The molecule has 0 aromatic heterocycles. The standard InChI is InChI=1S/C36H41N3O5S/c1-38(45(42,43)33-21-20-29-15-9-10-16-30(29)24-33)26-35(40)39(25-28-14-11-19-32(22-28)44-2)34(23-27-12-5-3-6-13-27)36(41)37-31-17-7-4-8-18-31/h3,5-6,9-16,19-22,24,31,34H,4,7-8,17-18,23,25-26H2,1-2H3,(H,37,41)/t34-/m0/s1. The number of likely N-dealkylation sites (N-methyl/N-ethyl adjacent to an activating group) is 1. The van der Waals surface area contributed by atoms with E-state index in [1.54, 1.807) is 25.3 Å². The van der Waals surface area contributed by atoms with E-state index < -0.39 is 28.5 Å². The average Bonchev–Trinajstić information content (AvgIpc) is 3.07. The maximum Gasteiger partial charge on any atom is 0.243 e. The van der Waals surface area contributed by atoms with Gasteiger partial charge in [-0.3, -0.25) is 9.59 Å². The monoisotopic (exact) mass is 627 g/mol. The molecule has 9 heteroatoms. The van der Waals surface area contributed by atoms with E-state index in [0.717, 1.165) is 58.3 Å². The van der Waals surface area contributed by atoms with Gasteiger partial charge in [0.15, 0.2) is 0 Å². The van der Waals surface area contributed by atoms with E-state index in [2.05, 4.69) is 5.32 Å². The zero-order valence-corrected chi connectivity index (χ0v) is 26.7. The molecule has 1 aliphatic rings. The normalized spacial score (nSPS) is 14.6. The van der Waals surface area contributed by atoms with E-state index in [4.69, 9.17) is 4.74 Å². The minimum atomic E-state index is -4.00. The molecule has 1 atom stereocenters. The molecule has 0 radical (unpaired) electrons. The van der Waals surface area contributed by atoms with Gasteiger partial charge >= 0.3 is 0 Å². The molecule has 0 bridgehead atoms. The van der Waals surface area contributed by atoms with Crippen LogP contribution >= 0.6 is 0 Å². The van der Waals surface area contributed by atoms with E-state index in [1.165, 1.54) is 11.9 Å². The van der Waals surface area contributed by atoms with Gasteiger partial charge in [-0.05, 0) is 59.0 Å². The number of sulfonamides is 1. The summed E-state index contributed by atoms with van der Waals surface area (Å²) in [4.78, 5) is 29.9. The van der Waals surface area contributed by atoms with Crippen LogP contribution in [-0.4, -0.2) is 62.2 Å². The van der Waals surface area contributed by atoms with Crippen molar-refractivity contribution in [3.05, 3.63) is 108 Å². The van der Waals surface area contributed by atoms with Crippen molar-refractivity contribution in [3.63, 3.8) is 0 Å². The summed E-state index contributed by atoms with van der Waals surface area (Å²) in [6.07, 6.45) is 5.35. The Morgan fingerprint density at radius 1 is 0.844 bits per heavy atom. The number of amides is 2. The number of hydrogen-bond acceptors (Lipinski definition) is 5. The second kappa shape index (κ2) is 14.7. The molecule has 236 valence electrons. The summed E-state index contributed by atoms with van der Waals surface area (Å²) in [5.41, 5.74) is 1.67. The van der Waals surface area contributed by atoms with Crippen LogP contribution in [0.1, 0.15) is 43.2 Å². The summed E-state index contributed by atoms with van der Waals surface area (Å²) >= 11 is 0. The summed E-state index contributed by atoms with van der Waals surface area (Å²) < 4.78 is 33.9. The Balaban J connectivity index is 1.46. The lowest BCUT2D eigenvalue weighted by Gasteiger charge is -2.34. The van der Waals surface area contributed by atoms with Crippen molar-refractivity contribution in [1.82, 2.24) is 14.5 Å².